The van der Waals surface area contributed by atoms with Crippen molar-refractivity contribution in [3.8, 4) is 33.9 Å². The number of aromatic amines is 1. The van der Waals surface area contributed by atoms with Gasteiger partial charge < -0.3 is 9.55 Å². The highest BCUT2D eigenvalue weighted by atomic mass is 19.4. The quantitative estimate of drug-likeness (QED) is 0.267. The number of aryl methyl sites for hydroxylation is 1. The van der Waals surface area contributed by atoms with Crippen molar-refractivity contribution in [2.24, 2.45) is 13.0 Å². The molecule has 2 aromatic heterocycles. The van der Waals surface area contributed by atoms with Gasteiger partial charge in [0.25, 0.3) is 0 Å². The molecule has 6 rings (SSSR count). The summed E-state index contributed by atoms with van der Waals surface area (Å²) >= 11 is 0. The Morgan fingerprint density at radius 3 is 2.54 bits per heavy atom. The molecule has 1 aliphatic rings. The maximum Gasteiger partial charge on any atom is 0.418 e. The fourth-order valence-electron chi connectivity index (χ4n) is 5.60. The van der Waals surface area contributed by atoms with Crippen molar-refractivity contribution in [2.75, 3.05) is 13.1 Å². The van der Waals surface area contributed by atoms with Gasteiger partial charge in [-0.1, -0.05) is 49.4 Å². The summed E-state index contributed by atoms with van der Waals surface area (Å²) in [5.41, 5.74) is 3.76. The van der Waals surface area contributed by atoms with Crippen molar-refractivity contribution in [1.82, 2.24) is 29.6 Å². The van der Waals surface area contributed by atoms with E-state index in [4.69, 9.17) is 0 Å². The largest absolute Gasteiger partial charge is 0.418 e. The van der Waals surface area contributed by atoms with Crippen LogP contribution in [0.4, 0.5) is 13.2 Å². The second kappa shape index (κ2) is 9.96. The number of benzene rings is 3. The minimum Gasteiger partial charge on any atom is -0.337 e. The number of H-pyrrole nitrogens is 1. The Labute approximate surface area is 224 Å². The number of piperidine rings is 1. The van der Waals surface area contributed by atoms with Gasteiger partial charge in [-0.25, -0.2) is 4.98 Å². The summed E-state index contributed by atoms with van der Waals surface area (Å²) in [5, 5.41) is 8.25. The standard InChI is InChI=1S/C30H29F3N6/c1-19-7-6-12-39(16-19)17-20-13-25(30(31,32)33)27-26(14-20)35-28(36-27)22-9-5-8-21(15-22)23-10-3-4-11-24(23)29-37-34-18-38(29)2/h3-5,8-11,13-15,18-19H,6-7,12,16-17H2,1-2H3,(H,35,36)/t19-/m1/s1. The van der Waals surface area contributed by atoms with E-state index in [2.05, 4.69) is 32.0 Å². The summed E-state index contributed by atoms with van der Waals surface area (Å²) in [4.78, 5) is 9.87. The zero-order valence-electron chi connectivity index (χ0n) is 21.8. The van der Waals surface area contributed by atoms with Crippen LogP contribution in [-0.2, 0) is 19.8 Å². The minimum atomic E-state index is -4.50. The second-order valence-electron chi connectivity index (χ2n) is 10.5. The smallest absolute Gasteiger partial charge is 0.337 e. The SMILES string of the molecule is C[C@@H]1CCCN(Cc2cc(C(F)(F)F)c3[nH]c(-c4cccc(-c5ccccc5-c5nncn5C)c4)nc3c2)C1. The van der Waals surface area contributed by atoms with E-state index in [-0.39, 0.29) is 5.52 Å². The first kappa shape index (κ1) is 25.3. The number of hydrogen-bond acceptors (Lipinski definition) is 4. The summed E-state index contributed by atoms with van der Waals surface area (Å²) < 4.78 is 44.4. The number of rotatable bonds is 5. The third kappa shape index (κ3) is 5.06. The highest BCUT2D eigenvalue weighted by Crippen LogP contribution is 2.37. The van der Waals surface area contributed by atoms with Gasteiger partial charge in [-0.15, -0.1) is 10.2 Å². The molecular formula is C30H29F3N6. The van der Waals surface area contributed by atoms with Gasteiger partial charge in [0, 0.05) is 31.3 Å². The topological polar surface area (TPSA) is 62.6 Å². The van der Waals surface area contributed by atoms with Crippen molar-refractivity contribution in [1.29, 1.82) is 0 Å². The lowest BCUT2D eigenvalue weighted by atomic mass is 9.97. The Bertz CT molecular complexity index is 1630. The molecule has 0 saturated carbocycles. The van der Waals surface area contributed by atoms with E-state index in [0.717, 1.165) is 48.4 Å². The van der Waals surface area contributed by atoms with Crippen LogP contribution in [-0.4, -0.2) is 42.7 Å². The third-order valence-corrected chi connectivity index (χ3v) is 7.43. The number of fused-ring (bicyclic) bond motifs is 1. The van der Waals surface area contributed by atoms with Crippen molar-refractivity contribution in [3.63, 3.8) is 0 Å². The molecule has 0 aliphatic carbocycles. The lowest BCUT2D eigenvalue weighted by Gasteiger charge is -2.31. The van der Waals surface area contributed by atoms with E-state index in [1.165, 1.54) is 6.07 Å². The maximum absolute atomic E-state index is 14.2. The van der Waals surface area contributed by atoms with Crippen LogP contribution in [0.15, 0.2) is 67.0 Å². The molecule has 0 bridgehead atoms. The van der Waals surface area contributed by atoms with Gasteiger partial charge in [0.1, 0.15) is 12.2 Å². The van der Waals surface area contributed by atoms with Gasteiger partial charge in [-0.2, -0.15) is 13.2 Å². The van der Waals surface area contributed by atoms with Gasteiger partial charge in [-0.3, -0.25) is 4.90 Å². The van der Waals surface area contributed by atoms with Crippen molar-refractivity contribution < 1.29 is 13.2 Å². The van der Waals surface area contributed by atoms with Crippen molar-refractivity contribution >= 4 is 11.0 Å². The molecule has 0 unspecified atom stereocenters. The molecule has 1 N–H and O–H groups in total. The molecule has 6 nitrogen and oxygen atoms in total. The van der Waals surface area contributed by atoms with E-state index in [1.807, 2.05) is 60.1 Å². The first-order valence-electron chi connectivity index (χ1n) is 13.1. The summed E-state index contributed by atoms with van der Waals surface area (Å²) in [5.74, 6) is 1.68. The predicted molar refractivity (Wildman–Crippen MR) is 146 cm³/mol. The molecule has 3 aromatic carbocycles. The zero-order valence-corrected chi connectivity index (χ0v) is 21.8. The molecule has 1 atom stereocenters. The monoisotopic (exact) mass is 530 g/mol. The number of aromatic nitrogens is 5. The molecule has 0 spiro atoms. The highest BCUT2D eigenvalue weighted by molar-refractivity contribution is 5.86. The van der Waals surface area contributed by atoms with Gasteiger partial charge >= 0.3 is 6.18 Å². The Morgan fingerprint density at radius 2 is 1.79 bits per heavy atom. The van der Waals surface area contributed by atoms with Gasteiger partial charge in [0.05, 0.1) is 16.6 Å². The second-order valence-corrected chi connectivity index (χ2v) is 10.5. The number of alkyl halides is 3. The maximum atomic E-state index is 14.2. The molecule has 1 fully saturated rings. The lowest BCUT2D eigenvalue weighted by Crippen LogP contribution is -2.33. The third-order valence-electron chi connectivity index (χ3n) is 7.43. The fourth-order valence-corrected chi connectivity index (χ4v) is 5.60. The molecule has 200 valence electrons. The van der Waals surface area contributed by atoms with Gasteiger partial charge in [0.15, 0.2) is 5.82 Å². The Kier molecular flexibility index (Phi) is 6.46. The van der Waals surface area contributed by atoms with Crippen LogP contribution in [0.2, 0.25) is 0 Å². The van der Waals surface area contributed by atoms with E-state index in [0.29, 0.717) is 34.9 Å². The van der Waals surface area contributed by atoms with Crippen LogP contribution >= 0.6 is 0 Å². The average molecular weight is 531 g/mol. The van der Waals surface area contributed by atoms with Crippen molar-refractivity contribution in [3.05, 3.63) is 78.1 Å². The fraction of sp³-hybridized carbons (Fsp3) is 0.300. The molecular weight excluding hydrogens is 501 g/mol. The first-order chi connectivity index (χ1) is 18.8. The van der Waals surface area contributed by atoms with E-state index in [9.17, 15) is 13.2 Å². The molecule has 39 heavy (non-hydrogen) atoms. The van der Waals surface area contributed by atoms with Gasteiger partial charge in [0.2, 0.25) is 0 Å². The molecule has 0 radical (unpaired) electrons. The molecule has 9 heteroatoms. The van der Waals surface area contributed by atoms with Crippen LogP contribution in [0.5, 0.6) is 0 Å². The summed E-state index contributed by atoms with van der Waals surface area (Å²) in [6.07, 6.45) is -0.619. The lowest BCUT2D eigenvalue weighted by molar-refractivity contribution is -0.136. The number of imidazole rings is 1. The Balaban J connectivity index is 1.40. The van der Waals surface area contributed by atoms with Crippen molar-refractivity contribution in [2.45, 2.75) is 32.5 Å². The van der Waals surface area contributed by atoms with Crippen LogP contribution in [0.25, 0.3) is 44.9 Å². The van der Waals surface area contributed by atoms with Crippen LogP contribution in [0.1, 0.15) is 30.9 Å². The van der Waals surface area contributed by atoms with E-state index < -0.39 is 11.7 Å². The summed E-state index contributed by atoms with van der Waals surface area (Å²) in [6, 6.07) is 18.6. The highest BCUT2D eigenvalue weighted by Gasteiger charge is 2.34. The van der Waals surface area contributed by atoms with Crippen LogP contribution < -0.4 is 0 Å². The number of halogens is 3. The molecule has 3 heterocycles. The molecule has 1 saturated heterocycles. The summed E-state index contributed by atoms with van der Waals surface area (Å²) in [6.45, 7) is 4.47. The van der Waals surface area contributed by atoms with E-state index in [1.54, 1.807) is 12.4 Å². The molecule has 0 amide bonds. The Morgan fingerprint density at radius 1 is 1.00 bits per heavy atom. The Hall–Kier alpha value is -3.98. The zero-order chi connectivity index (χ0) is 27.1. The molecule has 1 aliphatic heterocycles. The number of nitrogens with one attached hydrogen (secondary N) is 1. The van der Waals surface area contributed by atoms with Crippen LogP contribution in [0, 0.1) is 5.92 Å². The molecule has 5 aromatic rings. The minimum absolute atomic E-state index is 0.0122. The average Bonchev–Trinajstić information content (AvgIpc) is 3.54. The normalized spacial score (nSPS) is 16.7. The first-order valence-corrected chi connectivity index (χ1v) is 13.1. The summed E-state index contributed by atoms with van der Waals surface area (Å²) in [7, 11) is 1.88. The predicted octanol–water partition coefficient (Wildman–Crippen LogP) is 6.94. The van der Waals surface area contributed by atoms with Gasteiger partial charge in [-0.05, 0) is 60.2 Å². The number of likely N-dealkylation sites (tertiary alicyclic amines) is 1. The number of hydrogen-bond donors (Lipinski definition) is 1. The van der Waals surface area contributed by atoms with E-state index >= 15 is 0 Å². The van der Waals surface area contributed by atoms with Crippen LogP contribution in [0.3, 0.4) is 0 Å². The number of nitrogens with zero attached hydrogens (tertiary/aromatic N) is 5.